The van der Waals surface area contributed by atoms with E-state index in [2.05, 4.69) is 12.3 Å². The number of primary amides is 1. The third-order valence-corrected chi connectivity index (χ3v) is 1.20. The molecule has 76 valence electrons. The lowest BCUT2D eigenvalue weighted by Gasteiger charge is -2.07. The summed E-state index contributed by atoms with van der Waals surface area (Å²) in [6.45, 7) is 6.64. The zero-order valence-electron chi connectivity index (χ0n) is 7.86. The van der Waals surface area contributed by atoms with E-state index in [0.717, 1.165) is 6.08 Å². The highest BCUT2D eigenvalue weighted by Crippen LogP contribution is 1.96. The Bertz CT molecular complexity index is 190. The molecular weight excluding hydrogens is 172 g/mol. The normalized spacial score (nSPS) is 11.1. The van der Waals surface area contributed by atoms with E-state index >= 15 is 0 Å². The van der Waals surface area contributed by atoms with E-state index in [1.54, 1.807) is 13.8 Å². The molecule has 13 heavy (non-hydrogen) atoms. The van der Waals surface area contributed by atoms with Gasteiger partial charge in [0.05, 0.1) is 0 Å². The summed E-state index contributed by atoms with van der Waals surface area (Å²) in [6, 6.07) is -0.713. The molecule has 0 bridgehead atoms. The predicted molar refractivity (Wildman–Crippen MR) is 49.8 cm³/mol. The molecule has 5 heteroatoms. The van der Waals surface area contributed by atoms with E-state index in [1.807, 2.05) is 0 Å². The molecule has 0 aromatic carbocycles. The Morgan fingerprint density at radius 3 is 1.77 bits per heavy atom. The summed E-state index contributed by atoms with van der Waals surface area (Å²) in [7, 11) is 0. The molecule has 0 aliphatic carbocycles. The van der Waals surface area contributed by atoms with Gasteiger partial charge < -0.3 is 16.6 Å². The number of nitrogens with two attached hydrogens (primary N) is 2. The Kier molecular flexibility index (Phi) is 7.96. The van der Waals surface area contributed by atoms with Gasteiger partial charge in [0.2, 0.25) is 5.91 Å². The molecule has 5 N–H and O–H groups in total. The molecule has 0 saturated carbocycles. The van der Waals surface area contributed by atoms with Crippen LogP contribution >= 0.6 is 0 Å². The number of hydrogen-bond acceptors (Lipinski definition) is 3. The van der Waals surface area contributed by atoms with Crippen molar-refractivity contribution in [2.24, 2.45) is 17.4 Å². The lowest BCUT2D eigenvalue weighted by atomic mass is 10.1. The quantitative estimate of drug-likeness (QED) is 0.529. The van der Waals surface area contributed by atoms with Gasteiger partial charge in [0.1, 0.15) is 6.04 Å². The highest BCUT2D eigenvalue weighted by molar-refractivity contribution is 5.84. The fourth-order valence-electron chi connectivity index (χ4n) is 0.285. The maximum Gasteiger partial charge on any atom is 0.320 e. The fraction of sp³-hybridized carbons (Fsp3) is 0.500. The molecule has 0 rings (SSSR count). The first kappa shape index (κ1) is 14.2. The van der Waals surface area contributed by atoms with Crippen LogP contribution in [0.25, 0.3) is 0 Å². The minimum Gasteiger partial charge on any atom is -0.480 e. The van der Waals surface area contributed by atoms with Crippen molar-refractivity contribution in [1.29, 1.82) is 0 Å². The lowest BCUT2D eigenvalue weighted by Crippen LogP contribution is -2.34. The molecular formula is C8H16N2O3. The second kappa shape index (κ2) is 7.30. The first-order valence-corrected chi connectivity index (χ1v) is 3.73. The SMILES string of the molecule is C=CC(N)=O.CC(C)[C@@H](N)C(=O)O. The average molecular weight is 188 g/mol. The van der Waals surface area contributed by atoms with Gasteiger partial charge in [-0.2, -0.15) is 0 Å². The molecule has 0 fully saturated rings. The summed E-state index contributed by atoms with van der Waals surface area (Å²) >= 11 is 0. The second-order valence-electron chi connectivity index (χ2n) is 2.71. The Balaban J connectivity index is 0. The molecule has 0 spiro atoms. The zero-order chi connectivity index (χ0) is 11.0. The van der Waals surface area contributed by atoms with Gasteiger partial charge in [0.25, 0.3) is 0 Å². The van der Waals surface area contributed by atoms with Crippen LogP contribution in [0, 0.1) is 5.92 Å². The Labute approximate surface area is 77.4 Å². The molecule has 0 unspecified atom stereocenters. The molecule has 5 nitrogen and oxygen atoms in total. The predicted octanol–water partition coefficient (Wildman–Crippen LogP) is -0.288. The van der Waals surface area contributed by atoms with Gasteiger partial charge in [0, 0.05) is 0 Å². The maximum absolute atomic E-state index is 10.0. The summed E-state index contributed by atoms with van der Waals surface area (Å²) in [5.41, 5.74) is 9.69. The number of amides is 1. The monoisotopic (exact) mass is 188 g/mol. The first-order valence-electron chi connectivity index (χ1n) is 3.73. The molecule has 1 atom stereocenters. The highest BCUT2D eigenvalue weighted by atomic mass is 16.4. The van der Waals surface area contributed by atoms with Gasteiger partial charge in [-0.25, -0.2) is 0 Å². The van der Waals surface area contributed by atoms with E-state index in [4.69, 9.17) is 10.8 Å². The van der Waals surface area contributed by atoms with Crippen molar-refractivity contribution in [2.45, 2.75) is 19.9 Å². The zero-order valence-corrected chi connectivity index (χ0v) is 7.86. The summed E-state index contributed by atoms with van der Waals surface area (Å²) < 4.78 is 0. The molecule has 1 amide bonds. The van der Waals surface area contributed by atoms with Gasteiger partial charge >= 0.3 is 5.97 Å². The van der Waals surface area contributed by atoms with Crippen LogP contribution in [-0.2, 0) is 9.59 Å². The van der Waals surface area contributed by atoms with Crippen LogP contribution in [-0.4, -0.2) is 23.0 Å². The fourth-order valence-corrected chi connectivity index (χ4v) is 0.285. The highest BCUT2D eigenvalue weighted by Gasteiger charge is 2.14. The van der Waals surface area contributed by atoms with Crippen LogP contribution in [0.15, 0.2) is 12.7 Å². The molecule has 0 heterocycles. The van der Waals surface area contributed by atoms with Gasteiger partial charge in [-0.3, -0.25) is 9.59 Å². The van der Waals surface area contributed by atoms with Gasteiger partial charge in [0.15, 0.2) is 0 Å². The topological polar surface area (TPSA) is 106 Å². The molecule has 0 radical (unpaired) electrons. The maximum atomic E-state index is 10.0. The van der Waals surface area contributed by atoms with Crippen molar-refractivity contribution in [3.63, 3.8) is 0 Å². The molecule has 0 saturated heterocycles. The second-order valence-corrected chi connectivity index (χ2v) is 2.71. The third kappa shape index (κ3) is 10.6. The van der Waals surface area contributed by atoms with Crippen LogP contribution in [0.3, 0.4) is 0 Å². The van der Waals surface area contributed by atoms with Crippen molar-refractivity contribution in [2.75, 3.05) is 0 Å². The number of aliphatic carboxylic acids is 1. The molecule has 0 aliphatic rings. The van der Waals surface area contributed by atoms with Crippen molar-refractivity contribution in [3.8, 4) is 0 Å². The van der Waals surface area contributed by atoms with E-state index < -0.39 is 17.9 Å². The average Bonchev–Trinajstić information content (AvgIpc) is 2.03. The Hall–Kier alpha value is -1.36. The van der Waals surface area contributed by atoms with Crippen molar-refractivity contribution in [1.82, 2.24) is 0 Å². The third-order valence-electron chi connectivity index (χ3n) is 1.20. The minimum atomic E-state index is -0.931. The molecule has 0 aliphatic heterocycles. The number of carboxylic acid groups (broad SMARTS) is 1. The first-order chi connectivity index (χ1) is 5.82. The smallest absolute Gasteiger partial charge is 0.320 e. The number of carbonyl (C=O) groups excluding carboxylic acids is 1. The largest absolute Gasteiger partial charge is 0.480 e. The summed E-state index contributed by atoms with van der Waals surface area (Å²) in [4.78, 5) is 19.5. The summed E-state index contributed by atoms with van der Waals surface area (Å²) in [5, 5.41) is 8.23. The van der Waals surface area contributed by atoms with Crippen LogP contribution in [0.5, 0.6) is 0 Å². The van der Waals surface area contributed by atoms with Gasteiger partial charge in [-0.05, 0) is 12.0 Å². The van der Waals surface area contributed by atoms with Gasteiger partial charge in [-0.15, -0.1) is 0 Å². The Morgan fingerprint density at radius 1 is 1.46 bits per heavy atom. The summed E-state index contributed by atoms with van der Waals surface area (Å²) in [6.07, 6.45) is 1.06. The molecule has 0 aromatic heterocycles. The number of carbonyl (C=O) groups is 2. The standard InChI is InChI=1S/C5H11NO2.C3H5NO/c1-3(2)4(6)5(7)8;1-2-3(4)5/h3-4H,6H2,1-2H3,(H,7,8);2H,1H2,(H2,4,5)/t4-;/m1./s1. The van der Waals surface area contributed by atoms with Crippen molar-refractivity contribution >= 4 is 11.9 Å². The Morgan fingerprint density at radius 2 is 1.77 bits per heavy atom. The van der Waals surface area contributed by atoms with E-state index in [-0.39, 0.29) is 5.92 Å². The van der Waals surface area contributed by atoms with Crippen LogP contribution in [0.4, 0.5) is 0 Å². The van der Waals surface area contributed by atoms with Crippen LogP contribution < -0.4 is 11.5 Å². The van der Waals surface area contributed by atoms with Crippen molar-refractivity contribution in [3.05, 3.63) is 12.7 Å². The number of carboxylic acids is 1. The number of rotatable bonds is 3. The van der Waals surface area contributed by atoms with Gasteiger partial charge in [-0.1, -0.05) is 20.4 Å². The van der Waals surface area contributed by atoms with Crippen LogP contribution in [0.2, 0.25) is 0 Å². The lowest BCUT2D eigenvalue weighted by molar-refractivity contribution is -0.139. The van der Waals surface area contributed by atoms with Crippen LogP contribution in [0.1, 0.15) is 13.8 Å². The van der Waals surface area contributed by atoms with E-state index in [9.17, 15) is 9.59 Å². The van der Waals surface area contributed by atoms with E-state index in [1.165, 1.54) is 0 Å². The number of hydrogen-bond donors (Lipinski definition) is 3. The molecule has 0 aromatic rings. The van der Waals surface area contributed by atoms with Crippen molar-refractivity contribution < 1.29 is 14.7 Å². The summed E-state index contributed by atoms with van der Waals surface area (Å²) in [5.74, 6) is -1.39. The minimum absolute atomic E-state index is 0.0208. The van der Waals surface area contributed by atoms with E-state index in [0.29, 0.717) is 0 Å².